The van der Waals surface area contributed by atoms with E-state index in [1.54, 1.807) is 6.07 Å². The Hall–Kier alpha value is -2.33. The van der Waals surface area contributed by atoms with Gasteiger partial charge in [-0.25, -0.2) is 9.78 Å². The van der Waals surface area contributed by atoms with Crippen LogP contribution in [0.1, 0.15) is 26.5 Å². The molecule has 0 fully saturated rings. The molecular weight excluding hydrogens is 348 g/mol. The van der Waals surface area contributed by atoms with E-state index in [1.807, 2.05) is 16.8 Å². The molecule has 126 valence electrons. The number of nitrogens with one attached hydrogen (secondary N) is 1. The Balaban J connectivity index is 1.70. The zero-order chi connectivity index (χ0) is 17.3. The van der Waals surface area contributed by atoms with E-state index in [9.17, 15) is 9.59 Å². The lowest BCUT2D eigenvalue weighted by molar-refractivity contribution is -0.117. The lowest BCUT2D eigenvalue weighted by Crippen LogP contribution is -2.29. The number of carbonyl (C=O) groups is 1. The molecule has 3 aromatic rings. The van der Waals surface area contributed by atoms with Crippen LogP contribution in [0.2, 0.25) is 0 Å². The zero-order valence-corrected chi connectivity index (χ0v) is 15.0. The van der Waals surface area contributed by atoms with Gasteiger partial charge in [0.1, 0.15) is 11.5 Å². The molecule has 0 aliphatic carbocycles. The monoisotopic (exact) mass is 364 g/mol. The van der Waals surface area contributed by atoms with Crippen LogP contribution < -0.4 is 11.0 Å². The number of thiophene rings is 1. The third kappa shape index (κ3) is 3.44. The van der Waals surface area contributed by atoms with Crippen LogP contribution in [0.25, 0.3) is 5.00 Å². The first kappa shape index (κ1) is 16.5. The van der Waals surface area contributed by atoms with Crippen molar-refractivity contribution in [1.82, 2.24) is 24.8 Å². The lowest BCUT2D eigenvalue weighted by atomic mass is 9.93. The van der Waals surface area contributed by atoms with Gasteiger partial charge in [0.2, 0.25) is 5.91 Å². The van der Waals surface area contributed by atoms with E-state index in [0.29, 0.717) is 10.1 Å². The summed E-state index contributed by atoms with van der Waals surface area (Å²) in [6.45, 7) is 5.94. The molecule has 0 saturated heterocycles. The van der Waals surface area contributed by atoms with Gasteiger partial charge in [-0.15, -0.1) is 22.7 Å². The number of rotatable bonds is 4. The van der Waals surface area contributed by atoms with Crippen molar-refractivity contribution in [3.63, 3.8) is 0 Å². The Kier molecular flexibility index (Phi) is 4.33. The second kappa shape index (κ2) is 6.29. The first-order valence-electron chi connectivity index (χ1n) is 7.17. The number of hydrogen-bond acceptors (Lipinski definition) is 7. The second-order valence-corrected chi connectivity index (χ2v) is 7.90. The summed E-state index contributed by atoms with van der Waals surface area (Å²) in [5.41, 5.74) is 0.366. The first-order valence-corrected chi connectivity index (χ1v) is 8.93. The summed E-state index contributed by atoms with van der Waals surface area (Å²) >= 11 is 2.72. The molecule has 8 nitrogen and oxygen atoms in total. The predicted octanol–water partition coefficient (Wildman–Crippen LogP) is 1.88. The van der Waals surface area contributed by atoms with E-state index in [4.69, 9.17) is 0 Å². The fourth-order valence-electron chi connectivity index (χ4n) is 1.87. The van der Waals surface area contributed by atoms with Gasteiger partial charge in [0, 0.05) is 10.8 Å². The molecule has 3 heterocycles. The Morgan fingerprint density at radius 3 is 2.71 bits per heavy atom. The number of thiazole rings is 1. The van der Waals surface area contributed by atoms with Gasteiger partial charge in [0.15, 0.2) is 5.13 Å². The lowest BCUT2D eigenvalue weighted by Gasteiger charge is -2.14. The van der Waals surface area contributed by atoms with Crippen molar-refractivity contribution in [2.24, 2.45) is 0 Å². The summed E-state index contributed by atoms with van der Waals surface area (Å²) < 4.78 is 2.19. The van der Waals surface area contributed by atoms with Crippen LogP contribution in [0.4, 0.5) is 5.13 Å². The number of tetrazole rings is 1. The van der Waals surface area contributed by atoms with E-state index >= 15 is 0 Å². The summed E-state index contributed by atoms with van der Waals surface area (Å²) in [5, 5.41) is 15.1. The van der Waals surface area contributed by atoms with Gasteiger partial charge in [-0.05, 0) is 27.9 Å². The van der Waals surface area contributed by atoms with Gasteiger partial charge in [0.25, 0.3) is 0 Å². The standard InChI is InChI=1S/C14H16N6O2S2/c1-14(2,3)9-8-24-12(15-9)16-10(21)7-19-13(22)20(18-17-19)11-5-4-6-23-11/h4-6,8H,7H2,1-3H3,(H,15,16,21). The topological polar surface area (TPSA) is 94.7 Å². The van der Waals surface area contributed by atoms with Gasteiger partial charge in [-0.2, -0.15) is 9.36 Å². The molecule has 0 spiro atoms. The Bertz CT molecular complexity index is 900. The highest BCUT2D eigenvalue weighted by atomic mass is 32.1. The molecule has 0 saturated carbocycles. The largest absolute Gasteiger partial charge is 0.369 e. The van der Waals surface area contributed by atoms with Crippen molar-refractivity contribution in [3.8, 4) is 5.00 Å². The molecule has 1 N–H and O–H groups in total. The molecule has 10 heteroatoms. The van der Waals surface area contributed by atoms with Crippen molar-refractivity contribution in [1.29, 1.82) is 0 Å². The fourth-order valence-corrected chi connectivity index (χ4v) is 3.49. The van der Waals surface area contributed by atoms with Crippen LogP contribution in [0.15, 0.2) is 27.7 Å². The van der Waals surface area contributed by atoms with Crippen molar-refractivity contribution < 1.29 is 4.79 Å². The van der Waals surface area contributed by atoms with E-state index in [0.717, 1.165) is 10.4 Å². The SMILES string of the molecule is CC(C)(C)c1csc(NC(=O)Cn2nnn(-c3cccs3)c2=O)n1. The minimum Gasteiger partial charge on any atom is -0.300 e. The van der Waals surface area contributed by atoms with E-state index in [1.165, 1.54) is 27.4 Å². The molecule has 24 heavy (non-hydrogen) atoms. The van der Waals surface area contributed by atoms with Crippen LogP contribution in [0, 0.1) is 0 Å². The average Bonchev–Trinajstić information content (AvgIpc) is 3.20. The molecule has 0 atom stereocenters. The van der Waals surface area contributed by atoms with Crippen LogP contribution in [0.3, 0.4) is 0 Å². The zero-order valence-electron chi connectivity index (χ0n) is 13.4. The molecule has 3 rings (SSSR count). The highest BCUT2D eigenvalue weighted by Gasteiger charge is 2.19. The van der Waals surface area contributed by atoms with Gasteiger partial charge < -0.3 is 5.32 Å². The molecule has 0 aliphatic heterocycles. The van der Waals surface area contributed by atoms with Gasteiger partial charge in [0.05, 0.1) is 5.69 Å². The van der Waals surface area contributed by atoms with Crippen molar-refractivity contribution >= 4 is 33.7 Å². The minimum absolute atomic E-state index is 0.0835. The summed E-state index contributed by atoms with van der Waals surface area (Å²) in [7, 11) is 0. The summed E-state index contributed by atoms with van der Waals surface area (Å²) in [6, 6.07) is 3.57. The van der Waals surface area contributed by atoms with Crippen LogP contribution in [-0.4, -0.2) is 30.7 Å². The van der Waals surface area contributed by atoms with E-state index in [2.05, 4.69) is 41.5 Å². The van der Waals surface area contributed by atoms with Crippen LogP contribution in [-0.2, 0) is 16.8 Å². The molecule has 0 bridgehead atoms. The Labute approximate surface area is 145 Å². The van der Waals surface area contributed by atoms with Crippen molar-refractivity contribution in [2.45, 2.75) is 32.7 Å². The average molecular weight is 364 g/mol. The fraction of sp³-hybridized carbons (Fsp3) is 0.357. The van der Waals surface area contributed by atoms with E-state index in [-0.39, 0.29) is 17.9 Å². The Morgan fingerprint density at radius 1 is 1.29 bits per heavy atom. The Morgan fingerprint density at radius 2 is 2.08 bits per heavy atom. The molecule has 0 aliphatic rings. The van der Waals surface area contributed by atoms with Gasteiger partial charge in [-0.3, -0.25) is 4.79 Å². The summed E-state index contributed by atoms with van der Waals surface area (Å²) in [6.07, 6.45) is 0. The van der Waals surface area contributed by atoms with Gasteiger partial charge >= 0.3 is 5.69 Å². The predicted molar refractivity (Wildman–Crippen MR) is 92.9 cm³/mol. The van der Waals surface area contributed by atoms with E-state index < -0.39 is 5.69 Å². The number of anilines is 1. The van der Waals surface area contributed by atoms with Crippen LogP contribution in [0.5, 0.6) is 0 Å². The molecule has 0 radical (unpaired) electrons. The van der Waals surface area contributed by atoms with Gasteiger partial charge in [-0.1, -0.05) is 20.8 Å². The minimum atomic E-state index is -0.456. The number of aromatic nitrogens is 5. The molecular formula is C14H16N6O2S2. The molecule has 0 unspecified atom stereocenters. The van der Waals surface area contributed by atoms with Crippen LogP contribution >= 0.6 is 22.7 Å². The quantitative estimate of drug-likeness (QED) is 0.763. The third-order valence-corrected chi connectivity index (χ3v) is 4.77. The smallest absolute Gasteiger partial charge is 0.300 e. The van der Waals surface area contributed by atoms with Crippen molar-refractivity contribution in [3.05, 3.63) is 39.1 Å². The molecule has 1 amide bonds. The number of hydrogen-bond donors (Lipinski definition) is 1. The normalized spacial score (nSPS) is 11.6. The molecule has 0 aromatic carbocycles. The summed E-state index contributed by atoms with van der Waals surface area (Å²) in [4.78, 5) is 28.7. The number of nitrogens with zero attached hydrogens (tertiary/aromatic N) is 5. The molecule has 3 aromatic heterocycles. The highest BCUT2D eigenvalue weighted by Crippen LogP contribution is 2.26. The first-order chi connectivity index (χ1) is 11.3. The maximum Gasteiger partial charge on any atom is 0.369 e. The van der Waals surface area contributed by atoms with Crippen molar-refractivity contribution in [2.75, 3.05) is 5.32 Å². The number of amides is 1. The maximum atomic E-state index is 12.2. The summed E-state index contributed by atoms with van der Waals surface area (Å²) in [5.74, 6) is -0.370. The second-order valence-electron chi connectivity index (χ2n) is 6.12. The highest BCUT2D eigenvalue weighted by molar-refractivity contribution is 7.14. The third-order valence-electron chi connectivity index (χ3n) is 3.17. The maximum absolute atomic E-state index is 12.2. The number of carbonyl (C=O) groups excluding carboxylic acids is 1.